The monoisotopic (exact) mass is 514 g/mol. The second-order valence-corrected chi connectivity index (χ2v) is 7.00. The molecule has 0 saturated heterocycles. The molecule has 9 heteroatoms. The van der Waals surface area contributed by atoms with E-state index in [2.05, 4.69) is 44.8 Å². The maximum atomic E-state index is 5.46. The summed E-state index contributed by atoms with van der Waals surface area (Å²) < 4.78 is 12.6. The van der Waals surface area contributed by atoms with Crippen LogP contribution in [0.25, 0.3) is 0 Å². The molecule has 8 nitrogen and oxygen atoms in total. The van der Waals surface area contributed by atoms with Crippen molar-refractivity contribution in [2.45, 2.75) is 45.4 Å². The fraction of sp³-hybridized carbons (Fsp3) is 0.550. The minimum absolute atomic E-state index is 0. The molecule has 0 aliphatic carbocycles. The van der Waals surface area contributed by atoms with Crippen molar-refractivity contribution < 1.29 is 9.47 Å². The minimum atomic E-state index is 0. The summed E-state index contributed by atoms with van der Waals surface area (Å²) in [5, 5.41) is 11.4. The molecule has 1 aliphatic heterocycles. The normalized spacial score (nSPS) is 16.0. The number of halogens is 1. The first-order valence-electron chi connectivity index (χ1n) is 9.65. The minimum Gasteiger partial charge on any atom is -0.496 e. The Hall–Kier alpha value is -1.88. The molecule has 0 radical (unpaired) electrons. The number of aryl methyl sites for hydroxylation is 2. The molecule has 1 aliphatic rings. The number of methoxy groups -OCH3 is 2. The summed E-state index contributed by atoms with van der Waals surface area (Å²) in [5.41, 5.74) is 2.43. The van der Waals surface area contributed by atoms with Crippen molar-refractivity contribution in [2.75, 3.05) is 27.8 Å². The highest BCUT2D eigenvalue weighted by molar-refractivity contribution is 14.0. The second kappa shape index (κ2) is 11.3. The Morgan fingerprint density at radius 1 is 1.34 bits per heavy atom. The Kier molecular flexibility index (Phi) is 9.15. The van der Waals surface area contributed by atoms with E-state index in [1.54, 1.807) is 21.3 Å². The fourth-order valence-corrected chi connectivity index (χ4v) is 3.47. The molecular formula is C20H31IN6O2. The highest BCUT2D eigenvalue weighted by Gasteiger charge is 2.22. The molecule has 2 heterocycles. The molecule has 0 saturated carbocycles. The van der Waals surface area contributed by atoms with E-state index in [0.29, 0.717) is 6.61 Å². The van der Waals surface area contributed by atoms with Gasteiger partial charge in [0.1, 0.15) is 18.2 Å². The zero-order chi connectivity index (χ0) is 19.9. The Balaban J connectivity index is 0.00000300. The number of rotatable bonds is 7. The predicted octanol–water partition coefficient (Wildman–Crippen LogP) is 2.08. The molecule has 1 aromatic carbocycles. The fourth-order valence-electron chi connectivity index (χ4n) is 3.47. The molecule has 1 atom stereocenters. The summed E-state index contributed by atoms with van der Waals surface area (Å²) in [4.78, 5) is 8.88. The molecule has 29 heavy (non-hydrogen) atoms. The van der Waals surface area contributed by atoms with Crippen LogP contribution in [0.4, 0.5) is 0 Å². The van der Waals surface area contributed by atoms with Crippen LogP contribution < -0.4 is 15.4 Å². The summed E-state index contributed by atoms with van der Waals surface area (Å²) in [6, 6.07) is 6.52. The Bertz CT molecular complexity index is 823. The first-order valence-corrected chi connectivity index (χ1v) is 9.65. The van der Waals surface area contributed by atoms with Crippen LogP contribution in [0.15, 0.2) is 23.2 Å². The van der Waals surface area contributed by atoms with Gasteiger partial charge in [-0.15, -0.1) is 24.0 Å². The van der Waals surface area contributed by atoms with Gasteiger partial charge in [0, 0.05) is 33.2 Å². The lowest BCUT2D eigenvalue weighted by molar-refractivity contribution is 0.177. The van der Waals surface area contributed by atoms with Gasteiger partial charge in [0.25, 0.3) is 0 Å². The topological polar surface area (TPSA) is 85.6 Å². The smallest absolute Gasteiger partial charge is 0.191 e. The standard InChI is InChI=1S/C20H30N6O2.HI/c1-14-5-7-17(28-4)15(11-14)9-10-22-20(21-2)23-16-6-8-19-24-18(13-27-3)25-26(19)12-16;/h5,7,11,16H,6,8-10,12-13H2,1-4H3,(H2,21,22,23);1H. The van der Waals surface area contributed by atoms with Crippen molar-refractivity contribution in [3.05, 3.63) is 41.0 Å². The van der Waals surface area contributed by atoms with E-state index in [0.717, 1.165) is 55.7 Å². The predicted molar refractivity (Wildman–Crippen MR) is 124 cm³/mol. The van der Waals surface area contributed by atoms with Crippen LogP contribution in [0.5, 0.6) is 5.75 Å². The van der Waals surface area contributed by atoms with E-state index < -0.39 is 0 Å². The van der Waals surface area contributed by atoms with Crippen molar-refractivity contribution in [1.82, 2.24) is 25.4 Å². The molecular weight excluding hydrogens is 483 g/mol. The number of aliphatic imine (C=N–C) groups is 1. The number of guanidine groups is 1. The third kappa shape index (κ3) is 6.30. The highest BCUT2D eigenvalue weighted by atomic mass is 127. The summed E-state index contributed by atoms with van der Waals surface area (Å²) in [6.45, 7) is 4.09. The van der Waals surface area contributed by atoms with Gasteiger partial charge in [0.05, 0.1) is 13.7 Å². The molecule has 3 rings (SSSR count). The van der Waals surface area contributed by atoms with Crippen molar-refractivity contribution in [1.29, 1.82) is 0 Å². The third-order valence-corrected chi connectivity index (χ3v) is 4.86. The lowest BCUT2D eigenvalue weighted by Crippen LogP contribution is -2.47. The second-order valence-electron chi connectivity index (χ2n) is 7.00. The van der Waals surface area contributed by atoms with E-state index in [9.17, 15) is 0 Å². The summed E-state index contributed by atoms with van der Waals surface area (Å²) in [7, 11) is 5.16. The molecule has 0 spiro atoms. The number of aromatic nitrogens is 3. The van der Waals surface area contributed by atoms with Gasteiger partial charge in [-0.05, 0) is 31.4 Å². The molecule has 2 N–H and O–H groups in total. The van der Waals surface area contributed by atoms with Gasteiger partial charge in [-0.1, -0.05) is 17.7 Å². The van der Waals surface area contributed by atoms with E-state index in [-0.39, 0.29) is 30.0 Å². The quantitative estimate of drug-likeness (QED) is 0.335. The van der Waals surface area contributed by atoms with Crippen LogP contribution in [0, 0.1) is 6.92 Å². The summed E-state index contributed by atoms with van der Waals surface area (Å²) in [6.07, 6.45) is 2.76. The SMILES string of the molecule is CN=C(NCCc1cc(C)ccc1OC)NC1CCc2nc(COC)nn2C1.I. The molecule has 0 bridgehead atoms. The number of hydrogen-bond donors (Lipinski definition) is 2. The number of fused-ring (bicyclic) bond motifs is 1. The first-order chi connectivity index (χ1) is 13.6. The maximum absolute atomic E-state index is 5.46. The maximum Gasteiger partial charge on any atom is 0.191 e. The molecule has 160 valence electrons. The lowest BCUT2D eigenvalue weighted by Gasteiger charge is -2.25. The average molecular weight is 514 g/mol. The van der Waals surface area contributed by atoms with Gasteiger partial charge >= 0.3 is 0 Å². The van der Waals surface area contributed by atoms with Crippen molar-refractivity contribution in [3.8, 4) is 5.75 Å². The largest absolute Gasteiger partial charge is 0.496 e. The summed E-state index contributed by atoms with van der Waals surface area (Å²) >= 11 is 0. The Labute approximate surface area is 189 Å². The number of nitrogens with one attached hydrogen (secondary N) is 2. The van der Waals surface area contributed by atoms with Gasteiger partial charge < -0.3 is 20.1 Å². The molecule has 0 amide bonds. The number of ether oxygens (including phenoxy) is 2. The number of nitrogens with zero attached hydrogens (tertiary/aromatic N) is 4. The average Bonchev–Trinajstić information content (AvgIpc) is 3.09. The summed E-state index contributed by atoms with van der Waals surface area (Å²) in [5.74, 6) is 3.50. The first kappa shape index (κ1) is 23.4. The van der Waals surface area contributed by atoms with Crippen LogP contribution in [-0.2, 0) is 30.7 Å². The zero-order valence-electron chi connectivity index (χ0n) is 17.6. The lowest BCUT2D eigenvalue weighted by atomic mass is 10.1. The van der Waals surface area contributed by atoms with Crippen LogP contribution in [0.1, 0.15) is 29.2 Å². The third-order valence-electron chi connectivity index (χ3n) is 4.86. The van der Waals surface area contributed by atoms with Gasteiger partial charge in [-0.25, -0.2) is 9.67 Å². The van der Waals surface area contributed by atoms with Crippen molar-refractivity contribution in [3.63, 3.8) is 0 Å². The van der Waals surface area contributed by atoms with Crippen molar-refractivity contribution >= 4 is 29.9 Å². The zero-order valence-corrected chi connectivity index (χ0v) is 19.9. The van der Waals surface area contributed by atoms with Crippen LogP contribution in [0.3, 0.4) is 0 Å². The number of benzene rings is 1. The Morgan fingerprint density at radius 2 is 2.17 bits per heavy atom. The molecule has 1 aromatic heterocycles. The van der Waals surface area contributed by atoms with E-state index in [4.69, 9.17) is 9.47 Å². The molecule has 0 fully saturated rings. The highest BCUT2D eigenvalue weighted by Crippen LogP contribution is 2.19. The van der Waals surface area contributed by atoms with Gasteiger partial charge in [0.15, 0.2) is 11.8 Å². The van der Waals surface area contributed by atoms with Crippen LogP contribution >= 0.6 is 24.0 Å². The van der Waals surface area contributed by atoms with Gasteiger partial charge in [0.2, 0.25) is 0 Å². The van der Waals surface area contributed by atoms with Crippen LogP contribution in [-0.4, -0.2) is 54.6 Å². The Morgan fingerprint density at radius 3 is 2.90 bits per heavy atom. The van der Waals surface area contributed by atoms with E-state index >= 15 is 0 Å². The van der Waals surface area contributed by atoms with E-state index in [1.165, 1.54) is 11.1 Å². The van der Waals surface area contributed by atoms with E-state index in [1.807, 2.05) is 10.7 Å². The van der Waals surface area contributed by atoms with Crippen LogP contribution in [0.2, 0.25) is 0 Å². The van der Waals surface area contributed by atoms with Gasteiger partial charge in [-0.3, -0.25) is 4.99 Å². The van der Waals surface area contributed by atoms with Crippen molar-refractivity contribution in [2.24, 2.45) is 4.99 Å². The number of hydrogen-bond acceptors (Lipinski definition) is 5. The molecule has 1 unspecified atom stereocenters. The van der Waals surface area contributed by atoms with Gasteiger partial charge in [-0.2, -0.15) is 5.10 Å². The molecule has 2 aromatic rings.